The summed E-state index contributed by atoms with van der Waals surface area (Å²) in [6.07, 6.45) is 0.909. The topological polar surface area (TPSA) is 56.1 Å². The number of aryl methyl sites for hydroxylation is 1. The standard InChI is InChI=1S/C15H19N3O2/c1-4-8-16-15(19)14-10-13(17-18(14)2)11-6-5-7-12(9-11)20-3/h5-7,9-10H,4,8H2,1-3H3,(H,16,19). The van der Waals surface area contributed by atoms with Crippen LogP contribution in [0.1, 0.15) is 23.8 Å². The van der Waals surface area contributed by atoms with Crippen molar-refractivity contribution < 1.29 is 9.53 Å². The van der Waals surface area contributed by atoms with E-state index in [2.05, 4.69) is 10.4 Å². The third-order valence-electron chi connectivity index (χ3n) is 3.01. The maximum absolute atomic E-state index is 12.0. The van der Waals surface area contributed by atoms with E-state index in [1.165, 1.54) is 0 Å². The van der Waals surface area contributed by atoms with E-state index in [1.54, 1.807) is 24.9 Å². The predicted octanol–water partition coefficient (Wildman–Crippen LogP) is 2.24. The third-order valence-corrected chi connectivity index (χ3v) is 3.01. The highest BCUT2D eigenvalue weighted by Gasteiger charge is 2.13. The summed E-state index contributed by atoms with van der Waals surface area (Å²) < 4.78 is 6.80. The first-order chi connectivity index (χ1) is 9.65. The van der Waals surface area contributed by atoms with Gasteiger partial charge in [0.25, 0.3) is 5.91 Å². The number of hydrogen-bond acceptors (Lipinski definition) is 3. The van der Waals surface area contributed by atoms with E-state index in [4.69, 9.17) is 4.74 Å². The molecule has 5 nitrogen and oxygen atoms in total. The Morgan fingerprint density at radius 3 is 2.90 bits per heavy atom. The molecule has 1 amide bonds. The molecule has 0 saturated carbocycles. The van der Waals surface area contributed by atoms with Gasteiger partial charge in [0.05, 0.1) is 12.8 Å². The lowest BCUT2D eigenvalue weighted by atomic mass is 10.1. The average molecular weight is 273 g/mol. The Morgan fingerprint density at radius 1 is 1.40 bits per heavy atom. The van der Waals surface area contributed by atoms with Crippen LogP contribution in [-0.2, 0) is 7.05 Å². The van der Waals surface area contributed by atoms with Crippen LogP contribution in [0.5, 0.6) is 5.75 Å². The number of methoxy groups -OCH3 is 1. The quantitative estimate of drug-likeness (QED) is 0.909. The van der Waals surface area contributed by atoms with Crippen molar-refractivity contribution in [3.63, 3.8) is 0 Å². The van der Waals surface area contributed by atoms with Crippen molar-refractivity contribution in [1.29, 1.82) is 0 Å². The fourth-order valence-corrected chi connectivity index (χ4v) is 1.93. The molecule has 0 fully saturated rings. The predicted molar refractivity (Wildman–Crippen MR) is 77.8 cm³/mol. The molecule has 1 N–H and O–H groups in total. The summed E-state index contributed by atoms with van der Waals surface area (Å²) in [6.45, 7) is 2.68. The van der Waals surface area contributed by atoms with E-state index in [9.17, 15) is 4.79 Å². The van der Waals surface area contributed by atoms with E-state index >= 15 is 0 Å². The highest BCUT2D eigenvalue weighted by atomic mass is 16.5. The summed E-state index contributed by atoms with van der Waals surface area (Å²) in [7, 11) is 3.39. The number of amides is 1. The maximum atomic E-state index is 12.0. The van der Waals surface area contributed by atoms with E-state index in [1.807, 2.05) is 31.2 Å². The van der Waals surface area contributed by atoms with Crippen molar-refractivity contribution in [2.24, 2.45) is 7.05 Å². The molecule has 5 heteroatoms. The molecule has 2 aromatic rings. The Balaban J connectivity index is 2.28. The van der Waals surface area contributed by atoms with Gasteiger partial charge < -0.3 is 10.1 Å². The Kier molecular flexibility index (Phi) is 4.40. The van der Waals surface area contributed by atoms with E-state index in [0.29, 0.717) is 12.2 Å². The molecule has 0 saturated heterocycles. The maximum Gasteiger partial charge on any atom is 0.269 e. The van der Waals surface area contributed by atoms with Crippen LogP contribution in [0.2, 0.25) is 0 Å². The first-order valence-electron chi connectivity index (χ1n) is 6.62. The van der Waals surface area contributed by atoms with Crippen molar-refractivity contribution >= 4 is 5.91 Å². The lowest BCUT2D eigenvalue weighted by Crippen LogP contribution is -2.26. The monoisotopic (exact) mass is 273 g/mol. The van der Waals surface area contributed by atoms with Gasteiger partial charge in [0, 0.05) is 19.2 Å². The number of benzene rings is 1. The molecule has 106 valence electrons. The summed E-state index contributed by atoms with van der Waals surface area (Å²) in [6, 6.07) is 9.41. The summed E-state index contributed by atoms with van der Waals surface area (Å²) in [4.78, 5) is 12.0. The number of hydrogen-bond donors (Lipinski definition) is 1. The number of carbonyl (C=O) groups excluding carboxylic acids is 1. The molecular weight excluding hydrogens is 254 g/mol. The molecule has 0 unspecified atom stereocenters. The second-order valence-corrected chi connectivity index (χ2v) is 4.53. The van der Waals surface area contributed by atoms with Crippen molar-refractivity contribution in [1.82, 2.24) is 15.1 Å². The first kappa shape index (κ1) is 14.1. The van der Waals surface area contributed by atoms with Gasteiger partial charge in [0.15, 0.2) is 0 Å². The summed E-state index contributed by atoms with van der Waals surface area (Å²) in [5.41, 5.74) is 2.24. The first-order valence-corrected chi connectivity index (χ1v) is 6.62. The number of nitrogens with zero attached hydrogens (tertiary/aromatic N) is 2. The van der Waals surface area contributed by atoms with Crippen LogP contribution in [0.4, 0.5) is 0 Å². The molecule has 0 aliphatic carbocycles. The molecule has 1 aromatic heterocycles. The van der Waals surface area contributed by atoms with Crippen molar-refractivity contribution in [2.75, 3.05) is 13.7 Å². The fourth-order valence-electron chi connectivity index (χ4n) is 1.93. The van der Waals surface area contributed by atoms with Gasteiger partial charge in [0.1, 0.15) is 11.4 Å². The smallest absolute Gasteiger partial charge is 0.269 e. The van der Waals surface area contributed by atoms with E-state index < -0.39 is 0 Å². The van der Waals surface area contributed by atoms with Gasteiger partial charge in [-0.05, 0) is 24.6 Å². The molecule has 0 spiro atoms. The van der Waals surface area contributed by atoms with Crippen LogP contribution in [0, 0.1) is 0 Å². The summed E-state index contributed by atoms with van der Waals surface area (Å²) >= 11 is 0. The van der Waals surface area contributed by atoms with Crippen LogP contribution >= 0.6 is 0 Å². The lowest BCUT2D eigenvalue weighted by molar-refractivity contribution is 0.0944. The third kappa shape index (κ3) is 2.99. The average Bonchev–Trinajstić information content (AvgIpc) is 2.87. The molecule has 20 heavy (non-hydrogen) atoms. The van der Waals surface area contributed by atoms with Crippen LogP contribution in [-0.4, -0.2) is 29.3 Å². The molecule has 0 aliphatic heterocycles. The highest BCUT2D eigenvalue weighted by Crippen LogP contribution is 2.23. The SMILES string of the molecule is CCCNC(=O)c1cc(-c2cccc(OC)c2)nn1C. The summed E-state index contributed by atoms with van der Waals surface area (Å²) in [5.74, 6) is 0.668. The van der Waals surface area contributed by atoms with E-state index in [0.717, 1.165) is 23.4 Å². The minimum atomic E-state index is -0.101. The van der Waals surface area contributed by atoms with Crippen LogP contribution < -0.4 is 10.1 Å². The van der Waals surface area contributed by atoms with Crippen LogP contribution in [0.3, 0.4) is 0 Å². The number of aromatic nitrogens is 2. The second-order valence-electron chi connectivity index (χ2n) is 4.53. The highest BCUT2D eigenvalue weighted by molar-refractivity contribution is 5.93. The van der Waals surface area contributed by atoms with Crippen molar-refractivity contribution in [3.05, 3.63) is 36.0 Å². The lowest BCUT2D eigenvalue weighted by Gasteiger charge is -2.02. The Bertz CT molecular complexity index is 605. The normalized spacial score (nSPS) is 10.3. The fraction of sp³-hybridized carbons (Fsp3) is 0.333. The Morgan fingerprint density at radius 2 is 2.20 bits per heavy atom. The zero-order valence-corrected chi connectivity index (χ0v) is 12.0. The minimum absolute atomic E-state index is 0.101. The Hall–Kier alpha value is -2.30. The zero-order valence-electron chi connectivity index (χ0n) is 12.0. The van der Waals surface area contributed by atoms with Gasteiger partial charge in [-0.1, -0.05) is 19.1 Å². The molecule has 2 rings (SSSR count). The number of nitrogens with one attached hydrogen (secondary N) is 1. The number of carbonyl (C=O) groups is 1. The molecule has 0 radical (unpaired) electrons. The second kappa shape index (κ2) is 6.23. The molecule has 0 atom stereocenters. The number of rotatable bonds is 5. The molecule has 1 heterocycles. The van der Waals surface area contributed by atoms with Gasteiger partial charge in [-0.3, -0.25) is 9.48 Å². The molecule has 0 aliphatic rings. The minimum Gasteiger partial charge on any atom is -0.497 e. The number of ether oxygens (including phenoxy) is 1. The van der Waals surface area contributed by atoms with Gasteiger partial charge >= 0.3 is 0 Å². The van der Waals surface area contributed by atoms with Crippen LogP contribution in [0.25, 0.3) is 11.3 Å². The van der Waals surface area contributed by atoms with E-state index in [-0.39, 0.29) is 5.91 Å². The molecular formula is C15H19N3O2. The largest absolute Gasteiger partial charge is 0.497 e. The molecule has 1 aromatic carbocycles. The zero-order chi connectivity index (χ0) is 14.5. The van der Waals surface area contributed by atoms with Crippen molar-refractivity contribution in [3.8, 4) is 17.0 Å². The van der Waals surface area contributed by atoms with Gasteiger partial charge in [-0.15, -0.1) is 0 Å². The Labute approximate surface area is 118 Å². The van der Waals surface area contributed by atoms with Crippen LogP contribution in [0.15, 0.2) is 30.3 Å². The van der Waals surface area contributed by atoms with Gasteiger partial charge in [-0.2, -0.15) is 5.10 Å². The van der Waals surface area contributed by atoms with Crippen molar-refractivity contribution in [2.45, 2.75) is 13.3 Å². The van der Waals surface area contributed by atoms with Gasteiger partial charge in [-0.25, -0.2) is 0 Å². The van der Waals surface area contributed by atoms with Gasteiger partial charge in [0.2, 0.25) is 0 Å². The molecule has 0 bridgehead atoms. The summed E-state index contributed by atoms with van der Waals surface area (Å²) in [5, 5.41) is 7.24.